The summed E-state index contributed by atoms with van der Waals surface area (Å²) in [4.78, 5) is 2.29. The number of rotatable bonds is 2. The SMILES string of the molecule is COc1cccc2c1CC(N(C)C)C2. The van der Waals surface area contributed by atoms with Crippen LogP contribution < -0.4 is 4.74 Å². The normalized spacial score (nSPS) is 19.9. The number of benzene rings is 1. The van der Waals surface area contributed by atoms with Gasteiger partial charge in [-0.25, -0.2) is 0 Å². The number of hydrogen-bond acceptors (Lipinski definition) is 2. The summed E-state index contributed by atoms with van der Waals surface area (Å²) in [5, 5.41) is 0. The van der Waals surface area contributed by atoms with Gasteiger partial charge in [-0.1, -0.05) is 12.1 Å². The molecule has 0 fully saturated rings. The Kier molecular flexibility index (Phi) is 2.46. The summed E-state index contributed by atoms with van der Waals surface area (Å²) in [7, 11) is 6.03. The highest BCUT2D eigenvalue weighted by Crippen LogP contribution is 2.31. The molecule has 1 aromatic carbocycles. The molecule has 1 aliphatic rings. The molecule has 0 bridgehead atoms. The predicted octanol–water partition coefficient (Wildman–Crippen LogP) is 1.72. The van der Waals surface area contributed by atoms with Crippen LogP contribution in [0.4, 0.5) is 0 Å². The van der Waals surface area contributed by atoms with Crippen molar-refractivity contribution in [1.29, 1.82) is 0 Å². The zero-order valence-corrected chi connectivity index (χ0v) is 9.08. The number of nitrogens with zero attached hydrogens (tertiary/aromatic N) is 1. The summed E-state index contributed by atoms with van der Waals surface area (Å²) in [6, 6.07) is 6.98. The highest BCUT2D eigenvalue weighted by atomic mass is 16.5. The minimum atomic E-state index is 0.640. The molecule has 1 aliphatic carbocycles. The summed E-state index contributed by atoms with van der Waals surface area (Å²) in [5.41, 5.74) is 2.84. The quantitative estimate of drug-likeness (QED) is 0.706. The Morgan fingerprint density at radius 1 is 1.29 bits per heavy atom. The molecule has 2 nitrogen and oxygen atoms in total. The smallest absolute Gasteiger partial charge is 0.122 e. The molecule has 2 heteroatoms. The Morgan fingerprint density at radius 3 is 2.71 bits per heavy atom. The molecule has 76 valence electrons. The van der Waals surface area contributed by atoms with Crippen LogP contribution in [0.5, 0.6) is 5.75 Å². The van der Waals surface area contributed by atoms with Gasteiger partial charge < -0.3 is 9.64 Å². The second kappa shape index (κ2) is 3.62. The zero-order valence-electron chi connectivity index (χ0n) is 9.08. The van der Waals surface area contributed by atoms with Crippen LogP contribution in [0, 0.1) is 0 Å². The number of ether oxygens (including phenoxy) is 1. The van der Waals surface area contributed by atoms with Gasteiger partial charge >= 0.3 is 0 Å². The summed E-state index contributed by atoms with van der Waals surface area (Å²) < 4.78 is 5.37. The van der Waals surface area contributed by atoms with E-state index < -0.39 is 0 Å². The van der Waals surface area contributed by atoms with Gasteiger partial charge in [-0.2, -0.15) is 0 Å². The Bertz CT molecular complexity index is 333. The lowest BCUT2D eigenvalue weighted by molar-refractivity contribution is 0.302. The Balaban J connectivity index is 2.30. The van der Waals surface area contributed by atoms with Crippen molar-refractivity contribution in [2.75, 3.05) is 21.2 Å². The Labute approximate surface area is 85.5 Å². The van der Waals surface area contributed by atoms with Crippen molar-refractivity contribution >= 4 is 0 Å². The molecule has 0 heterocycles. The summed E-state index contributed by atoms with van der Waals surface area (Å²) in [6.45, 7) is 0. The maximum Gasteiger partial charge on any atom is 0.122 e. The number of methoxy groups -OCH3 is 1. The fraction of sp³-hybridized carbons (Fsp3) is 0.500. The standard InChI is InChI=1S/C12H17NO/c1-13(2)10-7-9-5-4-6-12(14-3)11(9)8-10/h4-6,10H,7-8H2,1-3H3. The van der Waals surface area contributed by atoms with Crippen LogP contribution in [0.3, 0.4) is 0 Å². The van der Waals surface area contributed by atoms with E-state index in [0.717, 1.165) is 18.6 Å². The van der Waals surface area contributed by atoms with Crippen LogP contribution in [0.25, 0.3) is 0 Å². The molecule has 0 radical (unpaired) electrons. The fourth-order valence-corrected chi connectivity index (χ4v) is 2.15. The number of likely N-dealkylation sites (N-methyl/N-ethyl adjacent to an activating group) is 1. The lowest BCUT2D eigenvalue weighted by Gasteiger charge is -2.17. The molecule has 1 atom stereocenters. The van der Waals surface area contributed by atoms with E-state index in [1.807, 2.05) is 0 Å². The Hall–Kier alpha value is -1.02. The monoisotopic (exact) mass is 191 g/mol. The first kappa shape index (κ1) is 9.53. The molecule has 14 heavy (non-hydrogen) atoms. The van der Waals surface area contributed by atoms with Gasteiger partial charge in [0.1, 0.15) is 5.75 Å². The third-order valence-corrected chi connectivity index (χ3v) is 3.08. The van der Waals surface area contributed by atoms with Crippen molar-refractivity contribution < 1.29 is 4.74 Å². The van der Waals surface area contributed by atoms with Gasteiger partial charge in [0.25, 0.3) is 0 Å². The van der Waals surface area contributed by atoms with E-state index in [4.69, 9.17) is 4.74 Å². The average Bonchev–Trinajstić information content (AvgIpc) is 2.60. The first-order chi connectivity index (χ1) is 6.72. The third-order valence-electron chi connectivity index (χ3n) is 3.08. The van der Waals surface area contributed by atoms with Crippen LogP contribution >= 0.6 is 0 Å². The van der Waals surface area contributed by atoms with E-state index in [-0.39, 0.29) is 0 Å². The topological polar surface area (TPSA) is 12.5 Å². The largest absolute Gasteiger partial charge is 0.496 e. The van der Waals surface area contributed by atoms with Crippen molar-refractivity contribution in [3.05, 3.63) is 29.3 Å². The lowest BCUT2D eigenvalue weighted by atomic mass is 10.1. The van der Waals surface area contributed by atoms with Crippen LogP contribution in [-0.4, -0.2) is 32.1 Å². The lowest BCUT2D eigenvalue weighted by Crippen LogP contribution is -2.28. The first-order valence-electron chi connectivity index (χ1n) is 5.03. The molecule has 0 N–H and O–H groups in total. The van der Waals surface area contributed by atoms with Gasteiger partial charge in [0.2, 0.25) is 0 Å². The molecule has 2 rings (SSSR count). The minimum Gasteiger partial charge on any atom is -0.496 e. The highest BCUT2D eigenvalue weighted by molar-refractivity contribution is 5.44. The van der Waals surface area contributed by atoms with Gasteiger partial charge in [0.05, 0.1) is 7.11 Å². The first-order valence-corrected chi connectivity index (χ1v) is 5.03. The van der Waals surface area contributed by atoms with E-state index >= 15 is 0 Å². The summed E-state index contributed by atoms with van der Waals surface area (Å²) in [6.07, 6.45) is 2.27. The fourth-order valence-electron chi connectivity index (χ4n) is 2.15. The molecular formula is C12H17NO. The summed E-state index contributed by atoms with van der Waals surface area (Å²) >= 11 is 0. The van der Waals surface area contributed by atoms with Crippen LogP contribution in [0.2, 0.25) is 0 Å². The van der Waals surface area contributed by atoms with Crippen LogP contribution in [-0.2, 0) is 12.8 Å². The van der Waals surface area contributed by atoms with Crippen LogP contribution in [0.15, 0.2) is 18.2 Å². The molecule has 0 amide bonds. The second-order valence-electron chi connectivity index (χ2n) is 4.12. The number of hydrogen-bond donors (Lipinski definition) is 0. The zero-order chi connectivity index (χ0) is 10.1. The van der Waals surface area contributed by atoms with Gasteiger partial charge in [0.15, 0.2) is 0 Å². The van der Waals surface area contributed by atoms with Crippen molar-refractivity contribution in [2.24, 2.45) is 0 Å². The van der Waals surface area contributed by atoms with Gasteiger partial charge in [-0.3, -0.25) is 0 Å². The van der Waals surface area contributed by atoms with Crippen molar-refractivity contribution in [3.8, 4) is 5.75 Å². The molecule has 1 unspecified atom stereocenters. The van der Waals surface area contributed by atoms with E-state index in [1.165, 1.54) is 11.1 Å². The predicted molar refractivity (Wildman–Crippen MR) is 57.9 cm³/mol. The molecular weight excluding hydrogens is 174 g/mol. The minimum absolute atomic E-state index is 0.640. The molecule has 0 aromatic heterocycles. The van der Waals surface area contributed by atoms with Crippen molar-refractivity contribution in [1.82, 2.24) is 4.90 Å². The second-order valence-corrected chi connectivity index (χ2v) is 4.12. The van der Waals surface area contributed by atoms with Crippen molar-refractivity contribution in [3.63, 3.8) is 0 Å². The number of fused-ring (bicyclic) bond motifs is 1. The van der Waals surface area contributed by atoms with E-state index in [1.54, 1.807) is 7.11 Å². The molecule has 1 aromatic rings. The van der Waals surface area contributed by atoms with E-state index in [9.17, 15) is 0 Å². The van der Waals surface area contributed by atoms with Gasteiger partial charge in [-0.15, -0.1) is 0 Å². The molecule has 0 spiro atoms. The van der Waals surface area contributed by atoms with Crippen molar-refractivity contribution in [2.45, 2.75) is 18.9 Å². The molecule has 0 saturated carbocycles. The van der Waals surface area contributed by atoms with E-state index in [2.05, 4.69) is 37.2 Å². The van der Waals surface area contributed by atoms with Gasteiger partial charge in [0, 0.05) is 6.04 Å². The maximum absolute atomic E-state index is 5.37. The average molecular weight is 191 g/mol. The molecule has 0 aliphatic heterocycles. The maximum atomic E-state index is 5.37. The van der Waals surface area contributed by atoms with Crippen LogP contribution in [0.1, 0.15) is 11.1 Å². The Morgan fingerprint density at radius 2 is 2.07 bits per heavy atom. The van der Waals surface area contributed by atoms with E-state index in [0.29, 0.717) is 6.04 Å². The molecule has 0 saturated heterocycles. The summed E-state index contributed by atoms with van der Waals surface area (Å²) in [5.74, 6) is 1.05. The van der Waals surface area contributed by atoms with Gasteiger partial charge in [-0.05, 0) is 44.1 Å². The highest BCUT2D eigenvalue weighted by Gasteiger charge is 2.25. The third kappa shape index (κ3) is 1.50.